The van der Waals surface area contributed by atoms with Crippen molar-refractivity contribution in [3.63, 3.8) is 0 Å². The minimum absolute atomic E-state index is 0.416. The lowest BCUT2D eigenvalue weighted by atomic mass is 10.1. The van der Waals surface area contributed by atoms with Crippen molar-refractivity contribution < 1.29 is 4.74 Å². The summed E-state index contributed by atoms with van der Waals surface area (Å²) in [6.07, 6.45) is 5.99. The van der Waals surface area contributed by atoms with Gasteiger partial charge in [0, 0.05) is 32.4 Å². The third kappa shape index (κ3) is 5.73. The zero-order chi connectivity index (χ0) is 14.9. The fraction of sp³-hybridized carbons (Fsp3) is 0.867. The van der Waals surface area contributed by atoms with E-state index in [9.17, 15) is 0 Å². The summed E-state index contributed by atoms with van der Waals surface area (Å²) >= 11 is 0. The van der Waals surface area contributed by atoms with E-state index in [2.05, 4.69) is 34.4 Å². The zero-order valence-corrected chi connectivity index (χ0v) is 13.4. The molecule has 1 atom stereocenters. The van der Waals surface area contributed by atoms with Gasteiger partial charge in [-0.1, -0.05) is 19.1 Å². The van der Waals surface area contributed by atoms with Gasteiger partial charge in [-0.05, 0) is 32.4 Å². The number of aromatic nitrogens is 3. The highest BCUT2D eigenvalue weighted by Gasteiger charge is 2.19. The number of likely N-dealkylation sites (tertiary alicyclic amines) is 1. The molecule has 1 aliphatic rings. The summed E-state index contributed by atoms with van der Waals surface area (Å²) in [6.45, 7) is 11.1. The summed E-state index contributed by atoms with van der Waals surface area (Å²) in [6, 6.07) is 0. The molecule has 1 N–H and O–H groups in total. The topological polar surface area (TPSA) is 55.2 Å². The van der Waals surface area contributed by atoms with Gasteiger partial charge in [0.25, 0.3) is 0 Å². The quantitative estimate of drug-likeness (QED) is 0.744. The maximum atomic E-state index is 5.88. The van der Waals surface area contributed by atoms with Crippen LogP contribution in [0, 0.1) is 0 Å². The van der Waals surface area contributed by atoms with E-state index in [1.54, 1.807) is 0 Å². The van der Waals surface area contributed by atoms with E-state index in [-0.39, 0.29) is 0 Å². The molecule has 0 amide bonds. The number of nitrogens with zero attached hydrogens (tertiary/aromatic N) is 4. The van der Waals surface area contributed by atoms with Crippen molar-refractivity contribution in [1.29, 1.82) is 0 Å². The molecule has 1 aromatic heterocycles. The summed E-state index contributed by atoms with van der Waals surface area (Å²) in [5.41, 5.74) is 1.01. The summed E-state index contributed by atoms with van der Waals surface area (Å²) in [5, 5.41) is 11.6. The number of nitrogens with one attached hydrogen (secondary N) is 1. The van der Waals surface area contributed by atoms with E-state index in [0.29, 0.717) is 6.10 Å². The average molecular weight is 295 g/mol. The van der Waals surface area contributed by atoms with Crippen LogP contribution in [0.15, 0.2) is 6.20 Å². The number of hydrogen-bond acceptors (Lipinski definition) is 5. The minimum Gasteiger partial charge on any atom is -0.377 e. The van der Waals surface area contributed by atoms with Crippen LogP contribution in [0.4, 0.5) is 0 Å². The molecule has 0 saturated carbocycles. The van der Waals surface area contributed by atoms with Crippen LogP contribution in [0.1, 0.15) is 38.8 Å². The zero-order valence-electron chi connectivity index (χ0n) is 13.4. The second-order valence-corrected chi connectivity index (χ2v) is 5.69. The molecule has 2 rings (SSSR count). The molecule has 2 heterocycles. The van der Waals surface area contributed by atoms with E-state index >= 15 is 0 Å². The van der Waals surface area contributed by atoms with Crippen molar-refractivity contribution in [2.45, 2.75) is 52.3 Å². The lowest BCUT2D eigenvalue weighted by Gasteiger charge is -2.32. The summed E-state index contributed by atoms with van der Waals surface area (Å²) in [4.78, 5) is 2.48. The van der Waals surface area contributed by atoms with Crippen molar-refractivity contribution >= 4 is 0 Å². The molecule has 120 valence electrons. The number of ether oxygens (including phenoxy) is 1. The van der Waals surface area contributed by atoms with Gasteiger partial charge in [0.05, 0.1) is 18.3 Å². The van der Waals surface area contributed by atoms with Crippen molar-refractivity contribution in [2.75, 3.05) is 32.8 Å². The molecule has 6 nitrogen and oxygen atoms in total. The number of rotatable bonds is 9. The third-order valence-electron chi connectivity index (χ3n) is 3.81. The molecule has 0 radical (unpaired) electrons. The van der Waals surface area contributed by atoms with E-state index in [4.69, 9.17) is 4.74 Å². The predicted octanol–water partition coefficient (Wildman–Crippen LogP) is 1.28. The van der Waals surface area contributed by atoms with Crippen LogP contribution in [0.25, 0.3) is 0 Å². The van der Waals surface area contributed by atoms with Crippen LogP contribution in [-0.2, 0) is 17.8 Å². The SMILES string of the molecule is CCCOC1CCCN(CCn2cc(CNCC)nn2)C1. The highest BCUT2D eigenvalue weighted by atomic mass is 16.5. The van der Waals surface area contributed by atoms with E-state index in [1.165, 1.54) is 19.4 Å². The molecule has 1 aromatic rings. The van der Waals surface area contributed by atoms with Gasteiger partial charge in [-0.2, -0.15) is 0 Å². The molecule has 6 heteroatoms. The Kier molecular flexibility index (Phi) is 7.12. The fourth-order valence-electron chi connectivity index (χ4n) is 2.66. The van der Waals surface area contributed by atoms with Gasteiger partial charge in [0.2, 0.25) is 0 Å². The Labute approximate surface area is 127 Å². The summed E-state index contributed by atoms with van der Waals surface area (Å²) in [5.74, 6) is 0. The highest BCUT2D eigenvalue weighted by Crippen LogP contribution is 2.13. The molecular weight excluding hydrogens is 266 g/mol. The first kappa shape index (κ1) is 16.4. The number of piperidine rings is 1. The smallest absolute Gasteiger partial charge is 0.0964 e. The molecule has 0 spiro atoms. The first-order valence-electron chi connectivity index (χ1n) is 8.25. The molecule has 1 fully saturated rings. The Hall–Kier alpha value is -0.980. The molecule has 0 bridgehead atoms. The second kappa shape index (κ2) is 9.12. The summed E-state index contributed by atoms with van der Waals surface area (Å²) < 4.78 is 7.83. The predicted molar refractivity (Wildman–Crippen MR) is 83.1 cm³/mol. The maximum Gasteiger partial charge on any atom is 0.0964 e. The van der Waals surface area contributed by atoms with Crippen molar-refractivity contribution in [3.05, 3.63) is 11.9 Å². The normalized spacial score (nSPS) is 20.0. The van der Waals surface area contributed by atoms with Crippen molar-refractivity contribution in [2.24, 2.45) is 0 Å². The van der Waals surface area contributed by atoms with E-state index in [0.717, 1.165) is 51.4 Å². The summed E-state index contributed by atoms with van der Waals surface area (Å²) in [7, 11) is 0. The van der Waals surface area contributed by atoms with Crippen LogP contribution in [0.5, 0.6) is 0 Å². The van der Waals surface area contributed by atoms with E-state index < -0.39 is 0 Å². The number of hydrogen-bond donors (Lipinski definition) is 1. The average Bonchev–Trinajstić information content (AvgIpc) is 2.97. The van der Waals surface area contributed by atoms with Gasteiger partial charge in [0.15, 0.2) is 0 Å². The van der Waals surface area contributed by atoms with Crippen molar-refractivity contribution in [1.82, 2.24) is 25.2 Å². The highest BCUT2D eigenvalue weighted by molar-refractivity contribution is 4.91. The fourth-order valence-corrected chi connectivity index (χ4v) is 2.66. The lowest BCUT2D eigenvalue weighted by Crippen LogP contribution is -2.41. The first-order chi connectivity index (χ1) is 10.3. The molecule has 1 aliphatic heterocycles. The Morgan fingerprint density at radius 1 is 1.38 bits per heavy atom. The van der Waals surface area contributed by atoms with E-state index in [1.807, 2.05) is 10.9 Å². The molecule has 0 aromatic carbocycles. The molecular formula is C15H29N5O. The van der Waals surface area contributed by atoms with Gasteiger partial charge in [-0.25, -0.2) is 0 Å². The van der Waals surface area contributed by atoms with Crippen LogP contribution < -0.4 is 5.32 Å². The van der Waals surface area contributed by atoms with Crippen LogP contribution in [0.3, 0.4) is 0 Å². The molecule has 0 aliphatic carbocycles. The van der Waals surface area contributed by atoms with Gasteiger partial charge in [-0.15, -0.1) is 5.10 Å². The van der Waals surface area contributed by atoms with Gasteiger partial charge in [0.1, 0.15) is 0 Å². The van der Waals surface area contributed by atoms with Crippen LogP contribution in [-0.4, -0.2) is 58.8 Å². The molecule has 1 saturated heterocycles. The van der Waals surface area contributed by atoms with Gasteiger partial charge in [-0.3, -0.25) is 9.58 Å². The Bertz CT molecular complexity index is 395. The second-order valence-electron chi connectivity index (χ2n) is 5.69. The first-order valence-corrected chi connectivity index (χ1v) is 8.25. The standard InChI is InChI=1S/C15H29N5O/c1-3-10-21-15-6-5-7-19(13-15)8-9-20-12-14(17-18-20)11-16-4-2/h12,15-16H,3-11,13H2,1-2H3. The Morgan fingerprint density at radius 2 is 2.29 bits per heavy atom. The van der Waals surface area contributed by atoms with Crippen LogP contribution >= 0.6 is 0 Å². The van der Waals surface area contributed by atoms with Gasteiger partial charge >= 0.3 is 0 Å². The lowest BCUT2D eigenvalue weighted by molar-refractivity contribution is -0.00100. The Balaban J connectivity index is 1.70. The van der Waals surface area contributed by atoms with Crippen molar-refractivity contribution in [3.8, 4) is 0 Å². The van der Waals surface area contributed by atoms with Gasteiger partial charge < -0.3 is 10.1 Å². The molecule has 1 unspecified atom stereocenters. The van der Waals surface area contributed by atoms with Crippen LogP contribution in [0.2, 0.25) is 0 Å². The monoisotopic (exact) mass is 295 g/mol. The Morgan fingerprint density at radius 3 is 3.10 bits per heavy atom. The molecule has 21 heavy (non-hydrogen) atoms. The minimum atomic E-state index is 0.416. The maximum absolute atomic E-state index is 5.88. The largest absolute Gasteiger partial charge is 0.377 e. The third-order valence-corrected chi connectivity index (χ3v) is 3.81.